The first-order valence-electron chi connectivity index (χ1n) is 6.93. The highest BCUT2D eigenvalue weighted by Gasteiger charge is 2.25. The van der Waals surface area contributed by atoms with E-state index in [1.807, 2.05) is 0 Å². The average Bonchev–Trinajstić information content (AvgIpc) is 2.29. The monoisotopic (exact) mass is 240 g/mol. The number of hydrogen-bond donors (Lipinski definition) is 0. The molecule has 0 N–H and O–H groups in total. The minimum Gasteiger partial charge on any atom is -0.0648 e. The molecule has 0 fully saturated rings. The fraction of sp³-hybridized carbons (Fsp3) is 0.444. The molecule has 0 saturated heterocycles. The van der Waals surface area contributed by atoms with Crippen molar-refractivity contribution in [1.82, 2.24) is 0 Å². The first-order chi connectivity index (χ1) is 8.45. The molecule has 0 radical (unpaired) electrons. The average molecular weight is 240 g/mol. The van der Waals surface area contributed by atoms with Gasteiger partial charge in [-0.3, -0.25) is 0 Å². The lowest BCUT2D eigenvalue weighted by atomic mass is 9.73. The van der Waals surface area contributed by atoms with Gasteiger partial charge in [0.25, 0.3) is 0 Å². The lowest BCUT2D eigenvalue weighted by Gasteiger charge is -2.31. The second-order valence-electron chi connectivity index (χ2n) is 6.34. The van der Waals surface area contributed by atoms with E-state index < -0.39 is 0 Å². The molecule has 0 aromatic heterocycles. The first kappa shape index (κ1) is 13.1. The van der Waals surface area contributed by atoms with Gasteiger partial charge in [-0.25, -0.2) is 0 Å². The molecule has 96 valence electrons. The van der Waals surface area contributed by atoms with Gasteiger partial charge in [0.2, 0.25) is 0 Å². The topological polar surface area (TPSA) is 0 Å². The van der Waals surface area contributed by atoms with E-state index in [0.29, 0.717) is 11.3 Å². The Balaban J connectivity index is 2.68. The minimum absolute atomic E-state index is 0.312. The van der Waals surface area contributed by atoms with Crippen molar-refractivity contribution < 1.29 is 0 Å². The molecule has 0 heterocycles. The Kier molecular flexibility index (Phi) is 3.47. The van der Waals surface area contributed by atoms with Crippen molar-refractivity contribution in [1.29, 1.82) is 0 Å². The summed E-state index contributed by atoms with van der Waals surface area (Å²) in [6.45, 7) is 11.5. The summed E-state index contributed by atoms with van der Waals surface area (Å²) >= 11 is 0. The van der Waals surface area contributed by atoms with Crippen molar-refractivity contribution in [3.8, 4) is 0 Å². The molecular formula is C18H24. The molecule has 0 aliphatic rings. The van der Waals surface area contributed by atoms with Gasteiger partial charge in [0.15, 0.2) is 0 Å². The molecule has 0 amide bonds. The maximum atomic E-state index is 2.34. The minimum atomic E-state index is 0.312. The molecule has 0 saturated carbocycles. The van der Waals surface area contributed by atoms with Crippen LogP contribution in [-0.2, 0) is 0 Å². The van der Waals surface area contributed by atoms with Crippen molar-refractivity contribution in [2.24, 2.45) is 5.41 Å². The Hall–Kier alpha value is -1.30. The third-order valence-corrected chi connectivity index (χ3v) is 4.00. The fourth-order valence-electron chi connectivity index (χ4n) is 3.09. The predicted octanol–water partition coefficient (Wildman–Crippen LogP) is 5.69. The summed E-state index contributed by atoms with van der Waals surface area (Å²) in [5, 5.41) is 2.83. The summed E-state index contributed by atoms with van der Waals surface area (Å²) in [4.78, 5) is 0. The predicted molar refractivity (Wildman–Crippen MR) is 81.2 cm³/mol. The number of hydrogen-bond acceptors (Lipinski definition) is 0. The third kappa shape index (κ3) is 2.29. The molecule has 0 spiro atoms. The zero-order chi connectivity index (χ0) is 13.3. The smallest absolute Gasteiger partial charge is 0.0110 e. The van der Waals surface area contributed by atoms with Gasteiger partial charge in [-0.2, -0.15) is 0 Å². The van der Waals surface area contributed by atoms with E-state index in [0.717, 1.165) is 0 Å². The van der Waals surface area contributed by atoms with E-state index in [2.05, 4.69) is 71.0 Å². The lowest BCUT2D eigenvalue weighted by molar-refractivity contribution is 0.314. The first-order valence-corrected chi connectivity index (χ1v) is 6.93. The van der Waals surface area contributed by atoms with Gasteiger partial charge in [-0.05, 0) is 46.6 Å². The molecule has 2 rings (SSSR count). The molecule has 1 unspecified atom stereocenters. The van der Waals surface area contributed by atoms with E-state index in [1.165, 1.54) is 28.3 Å². The second-order valence-corrected chi connectivity index (χ2v) is 6.34. The zero-order valence-corrected chi connectivity index (χ0v) is 12.2. The van der Waals surface area contributed by atoms with Gasteiger partial charge in [0, 0.05) is 0 Å². The van der Waals surface area contributed by atoms with Crippen LogP contribution in [0.25, 0.3) is 10.8 Å². The summed E-state index contributed by atoms with van der Waals surface area (Å²) in [6.07, 6.45) is 1.19. The van der Waals surface area contributed by atoms with Crippen molar-refractivity contribution >= 4 is 10.8 Å². The quantitative estimate of drug-likeness (QED) is 0.632. The molecule has 0 aliphatic carbocycles. The summed E-state index contributed by atoms with van der Waals surface area (Å²) in [5.74, 6) is 0.614. The molecule has 0 aliphatic heterocycles. The van der Waals surface area contributed by atoms with Crippen LogP contribution in [-0.4, -0.2) is 0 Å². The fourth-order valence-corrected chi connectivity index (χ4v) is 3.09. The summed E-state index contributed by atoms with van der Waals surface area (Å²) in [6, 6.07) is 13.4. The van der Waals surface area contributed by atoms with E-state index >= 15 is 0 Å². The van der Waals surface area contributed by atoms with Crippen LogP contribution in [0.1, 0.15) is 51.2 Å². The van der Waals surface area contributed by atoms with Crippen LogP contribution in [0.2, 0.25) is 0 Å². The maximum Gasteiger partial charge on any atom is -0.0110 e. The van der Waals surface area contributed by atoms with Gasteiger partial charge in [0.05, 0.1) is 0 Å². The van der Waals surface area contributed by atoms with Gasteiger partial charge in [-0.1, -0.05) is 64.1 Å². The number of rotatable bonds is 2. The van der Waals surface area contributed by atoms with Gasteiger partial charge in [0.1, 0.15) is 0 Å². The van der Waals surface area contributed by atoms with Crippen molar-refractivity contribution in [2.45, 2.75) is 47.0 Å². The van der Waals surface area contributed by atoms with E-state index in [-0.39, 0.29) is 0 Å². The molecule has 0 nitrogen and oxygen atoms in total. The molecule has 2 aromatic rings. The number of benzene rings is 2. The second kappa shape index (κ2) is 4.76. The Labute approximate surface area is 111 Å². The van der Waals surface area contributed by atoms with Gasteiger partial charge < -0.3 is 0 Å². The number of aryl methyl sites for hydroxylation is 1. The number of fused-ring (bicyclic) bond motifs is 1. The van der Waals surface area contributed by atoms with Crippen LogP contribution in [0.5, 0.6) is 0 Å². The SMILES string of the molecule is CCC(c1cccc2c(C)cccc12)C(C)(C)C. The van der Waals surface area contributed by atoms with Gasteiger partial charge >= 0.3 is 0 Å². The van der Waals surface area contributed by atoms with Crippen LogP contribution >= 0.6 is 0 Å². The maximum absolute atomic E-state index is 2.34. The highest BCUT2D eigenvalue weighted by atomic mass is 14.3. The normalized spacial score (nSPS) is 13.8. The molecular weight excluding hydrogens is 216 g/mol. The Morgan fingerprint density at radius 1 is 0.944 bits per heavy atom. The van der Waals surface area contributed by atoms with Crippen LogP contribution < -0.4 is 0 Å². The van der Waals surface area contributed by atoms with Crippen LogP contribution in [0.3, 0.4) is 0 Å². The van der Waals surface area contributed by atoms with Gasteiger partial charge in [-0.15, -0.1) is 0 Å². The lowest BCUT2D eigenvalue weighted by Crippen LogP contribution is -2.18. The Morgan fingerprint density at radius 2 is 1.56 bits per heavy atom. The molecule has 0 heteroatoms. The van der Waals surface area contributed by atoms with E-state index in [9.17, 15) is 0 Å². The van der Waals surface area contributed by atoms with Crippen molar-refractivity contribution in [2.75, 3.05) is 0 Å². The standard InChI is InChI=1S/C18H24/c1-6-17(18(3,4)5)16-12-8-10-14-13(2)9-7-11-15(14)16/h7-12,17H,6H2,1-5H3. The van der Waals surface area contributed by atoms with E-state index in [4.69, 9.17) is 0 Å². The van der Waals surface area contributed by atoms with Crippen molar-refractivity contribution in [3.05, 3.63) is 47.5 Å². The zero-order valence-electron chi connectivity index (χ0n) is 12.2. The third-order valence-electron chi connectivity index (χ3n) is 4.00. The summed E-state index contributed by atoms with van der Waals surface area (Å²) < 4.78 is 0. The Bertz CT molecular complexity index is 543. The highest BCUT2D eigenvalue weighted by Crippen LogP contribution is 2.40. The molecule has 18 heavy (non-hydrogen) atoms. The van der Waals surface area contributed by atoms with Crippen molar-refractivity contribution in [3.63, 3.8) is 0 Å². The molecule has 1 atom stereocenters. The van der Waals surface area contributed by atoms with E-state index in [1.54, 1.807) is 0 Å². The largest absolute Gasteiger partial charge is 0.0648 e. The van der Waals surface area contributed by atoms with Crippen LogP contribution in [0, 0.1) is 12.3 Å². The summed E-state index contributed by atoms with van der Waals surface area (Å²) in [7, 11) is 0. The molecule has 0 bridgehead atoms. The summed E-state index contributed by atoms with van der Waals surface area (Å²) in [5.41, 5.74) is 3.19. The highest BCUT2D eigenvalue weighted by molar-refractivity contribution is 5.89. The Morgan fingerprint density at radius 3 is 2.17 bits per heavy atom. The van der Waals surface area contributed by atoms with Crippen LogP contribution in [0.15, 0.2) is 36.4 Å². The van der Waals surface area contributed by atoms with Crippen LogP contribution in [0.4, 0.5) is 0 Å². The molecule has 2 aromatic carbocycles.